The van der Waals surface area contributed by atoms with Gasteiger partial charge in [0, 0.05) is 17.3 Å². The number of carbonyl (C=O) groups excluding carboxylic acids is 3. The predicted octanol–water partition coefficient (Wildman–Crippen LogP) is 3.01. The van der Waals surface area contributed by atoms with E-state index in [1.54, 1.807) is 13.0 Å². The van der Waals surface area contributed by atoms with Gasteiger partial charge in [0.1, 0.15) is 0 Å². The summed E-state index contributed by atoms with van der Waals surface area (Å²) in [7, 11) is 0. The third kappa shape index (κ3) is 5.46. The molecular formula is C17H23NO4S. The summed E-state index contributed by atoms with van der Waals surface area (Å²) in [5.74, 6) is -0.839. The maximum atomic E-state index is 11.9. The summed E-state index contributed by atoms with van der Waals surface area (Å²) in [4.78, 5) is 37.4. The van der Waals surface area contributed by atoms with Gasteiger partial charge in [-0.3, -0.25) is 14.4 Å². The first-order valence-corrected chi connectivity index (χ1v) is 8.87. The minimum absolute atomic E-state index is 0.00315. The Bertz CT molecular complexity index is 575. The van der Waals surface area contributed by atoms with Crippen molar-refractivity contribution >= 4 is 29.0 Å². The molecule has 0 bridgehead atoms. The SMILES string of the molecule is Cc1ccc(C(=O)CCC(=O)O[C@H](C)C(=O)NC2CCCC2)s1. The number of hydrogen-bond acceptors (Lipinski definition) is 5. The Hall–Kier alpha value is -1.69. The van der Waals surface area contributed by atoms with E-state index in [0.29, 0.717) is 4.88 Å². The van der Waals surface area contributed by atoms with Crippen molar-refractivity contribution in [1.29, 1.82) is 0 Å². The van der Waals surface area contributed by atoms with Gasteiger partial charge in [-0.25, -0.2) is 0 Å². The van der Waals surface area contributed by atoms with Crippen molar-refractivity contribution < 1.29 is 19.1 Å². The molecule has 1 saturated carbocycles. The fourth-order valence-electron chi connectivity index (χ4n) is 2.62. The van der Waals surface area contributed by atoms with Crippen LogP contribution in [0.3, 0.4) is 0 Å². The Morgan fingerprint density at radius 2 is 1.96 bits per heavy atom. The number of thiophene rings is 1. The number of esters is 1. The zero-order valence-electron chi connectivity index (χ0n) is 13.6. The standard InChI is InChI=1S/C17H23NO4S/c1-11-7-9-15(23-11)14(19)8-10-16(20)22-12(2)17(21)18-13-5-3-4-6-13/h7,9,12-13H,3-6,8,10H2,1-2H3,(H,18,21)/t12-/m1/s1. The van der Waals surface area contributed by atoms with Crippen LogP contribution in [0.2, 0.25) is 0 Å². The van der Waals surface area contributed by atoms with Gasteiger partial charge in [-0.15, -0.1) is 11.3 Å². The summed E-state index contributed by atoms with van der Waals surface area (Å²) in [5, 5.41) is 2.90. The maximum Gasteiger partial charge on any atom is 0.307 e. The van der Waals surface area contributed by atoms with Crippen molar-refractivity contribution in [3.8, 4) is 0 Å². The fourth-order valence-corrected chi connectivity index (χ4v) is 3.46. The number of nitrogens with one attached hydrogen (secondary N) is 1. The van der Waals surface area contributed by atoms with E-state index in [1.165, 1.54) is 11.3 Å². The van der Waals surface area contributed by atoms with Crippen LogP contribution in [0, 0.1) is 6.92 Å². The number of hydrogen-bond donors (Lipinski definition) is 1. The molecule has 1 fully saturated rings. The first kappa shape index (κ1) is 17.7. The number of rotatable bonds is 7. The van der Waals surface area contributed by atoms with Crippen LogP contribution in [0.25, 0.3) is 0 Å². The van der Waals surface area contributed by atoms with Gasteiger partial charge in [-0.05, 0) is 38.8 Å². The lowest BCUT2D eigenvalue weighted by atomic mass is 10.2. The molecule has 0 aromatic carbocycles. The minimum Gasteiger partial charge on any atom is -0.453 e. The molecule has 1 aromatic heterocycles. The highest BCUT2D eigenvalue weighted by atomic mass is 32.1. The summed E-state index contributed by atoms with van der Waals surface area (Å²) < 4.78 is 5.11. The Morgan fingerprint density at radius 1 is 1.26 bits per heavy atom. The molecule has 0 spiro atoms. The molecule has 0 radical (unpaired) electrons. The monoisotopic (exact) mass is 337 g/mol. The molecule has 0 aliphatic heterocycles. The van der Waals surface area contributed by atoms with Gasteiger partial charge >= 0.3 is 5.97 Å². The van der Waals surface area contributed by atoms with Gasteiger partial charge in [0.2, 0.25) is 0 Å². The average Bonchev–Trinajstić information content (AvgIpc) is 3.16. The zero-order chi connectivity index (χ0) is 16.8. The first-order valence-electron chi connectivity index (χ1n) is 8.05. The molecular weight excluding hydrogens is 314 g/mol. The highest BCUT2D eigenvalue weighted by Crippen LogP contribution is 2.19. The number of carbonyl (C=O) groups is 3. The lowest BCUT2D eigenvalue weighted by Gasteiger charge is -2.17. The van der Waals surface area contributed by atoms with E-state index in [0.717, 1.165) is 30.6 Å². The normalized spacial score (nSPS) is 16.1. The molecule has 5 nitrogen and oxygen atoms in total. The molecule has 1 N–H and O–H groups in total. The fraction of sp³-hybridized carbons (Fsp3) is 0.588. The molecule has 126 valence electrons. The molecule has 23 heavy (non-hydrogen) atoms. The number of ketones is 1. The van der Waals surface area contributed by atoms with Gasteiger partial charge in [0.25, 0.3) is 5.91 Å². The second-order valence-electron chi connectivity index (χ2n) is 5.96. The van der Waals surface area contributed by atoms with Crippen LogP contribution in [0.4, 0.5) is 0 Å². The molecule has 0 unspecified atom stereocenters. The van der Waals surface area contributed by atoms with Crippen LogP contribution < -0.4 is 5.32 Å². The molecule has 1 aromatic rings. The second kappa shape index (κ2) is 8.24. The predicted molar refractivity (Wildman–Crippen MR) is 88.6 cm³/mol. The molecule has 1 aliphatic rings. The smallest absolute Gasteiger partial charge is 0.307 e. The van der Waals surface area contributed by atoms with Crippen LogP contribution in [0.15, 0.2) is 12.1 Å². The summed E-state index contributed by atoms with van der Waals surface area (Å²) in [5.41, 5.74) is 0. The van der Waals surface area contributed by atoms with E-state index in [1.807, 2.05) is 13.0 Å². The van der Waals surface area contributed by atoms with Crippen LogP contribution in [0.1, 0.15) is 60.0 Å². The quantitative estimate of drug-likeness (QED) is 0.613. The molecule has 6 heteroatoms. The highest BCUT2D eigenvalue weighted by molar-refractivity contribution is 7.14. The third-order valence-electron chi connectivity index (χ3n) is 3.95. The third-order valence-corrected chi connectivity index (χ3v) is 4.99. The second-order valence-corrected chi connectivity index (χ2v) is 7.24. The van der Waals surface area contributed by atoms with E-state index in [9.17, 15) is 14.4 Å². The van der Waals surface area contributed by atoms with E-state index in [2.05, 4.69) is 5.32 Å². The lowest BCUT2D eigenvalue weighted by molar-refractivity contribution is -0.155. The van der Waals surface area contributed by atoms with Gasteiger partial charge in [0.15, 0.2) is 11.9 Å². The lowest BCUT2D eigenvalue weighted by Crippen LogP contribution is -2.40. The minimum atomic E-state index is -0.817. The van der Waals surface area contributed by atoms with Gasteiger partial charge < -0.3 is 10.1 Å². The van der Waals surface area contributed by atoms with Crippen molar-refractivity contribution in [3.63, 3.8) is 0 Å². The van der Waals surface area contributed by atoms with Gasteiger partial charge in [-0.1, -0.05) is 12.8 Å². The van der Waals surface area contributed by atoms with Gasteiger partial charge in [-0.2, -0.15) is 0 Å². The maximum absolute atomic E-state index is 11.9. The van der Waals surface area contributed by atoms with E-state index >= 15 is 0 Å². The Labute approximate surface area is 140 Å². The van der Waals surface area contributed by atoms with Crippen LogP contribution >= 0.6 is 11.3 Å². The molecule has 1 amide bonds. The largest absolute Gasteiger partial charge is 0.453 e. The molecule has 2 rings (SSSR count). The zero-order valence-corrected chi connectivity index (χ0v) is 14.4. The van der Waals surface area contributed by atoms with Crippen molar-refractivity contribution in [2.75, 3.05) is 0 Å². The van der Waals surface area contributed by atoms with E-state index in [-0.39, 0.29) is 30.6 Å². The summed E-state index contributed by atoms with van der Waals surface area (Å²) >= 11 is 1.42. The number of Topliss-reactive ketones (excluding diaryl/α,β-unsaturated/α-hetero) is 1. The van der Waals surface area contributed by atoms with Crippen molar-refractivity contribution in [1.82, 2.24) is 5.32 Å². The summed E-state index contributed by atoms with van der Waals surface area (Å²) in [6.45, 7) is 3.49. The molecule has 1 aliphatic carbocycles. The van der Waals surface area contributed by atoms with E-state index in [4.69, 9.17) is 4.74 Å². The number of aryl methyl sites for hydroxylation is 1. The molecule has 0 saturated heterocycles. The van der Waals surface area contributed by atoms with Gasteiger partial charge in [0.05, 0.1) is 11.3 Å². The van der Waals surface area contributed by atoms with Crippen LogP contribution in [0.5, 0.6) is 0 Å². The Balaban J connectivity index is 1.70. The number of amides is 1. The van der Waals surface area contributed by atoms with Crippen molar-refractivity contribution in [3.05, 3.63) is 21.9 Å². The summed E-state index contributed by atoms with van der Waals surface area (Å²) in [6, 6.07) is 3.85. The van der Waals surface area contributed by atoms with Crippen molar-refractivity contribution in [2.24, 2.45) is 0 Å². The van der Waals surface area contributed by atoms with Crippen LogP contribution in [-0.4, -0.2) is 29.8 Å². The Morgan fingerprint density at radius 3 is 2.57 bits per heavy atom. The van der Waals surface area contributed by atoms with Crippen molar-refractivity contribution in [2.45, 2.75) is 64.5 Å². The average molecular weight is 337 g/mol. The summed E-state index contributed by atoms with van der Waals surface area (Å²) in [6.07, 6.45) is 3.52. The first-order chi connectivity index (χ1) is 11.0. The topological polar surface area (TPSA) is 72.5 Å². The molecule has 1 heterocycles. The molecule has 1 atom stereocenters. The van der Waals surface area contributed by atoms with Crippen LogP contribution in [-0.2, 0) is 14.3 Å². The number of ether oxygens (including phenoxy) is 1. The Kier molecular flexibility index (Phi) is 6.33. The van der Waals surface area contributed by atoms with E-state index < -0.39 is 12.1 Å². The highest BCUT2D eigenvalue weighted by Gasteiger charge is 2.23.